The van der Waals surface area contributed by atoms with E-state index in [0.29, 0.717) is 0 Å². The van der Waals surface area contributed by atoms with Crippen LogP contribution in [0, 0.1) is 11.3 Å². The largest absolute Gasteiger partial charge is 0.466 e. The summed E-state index contributed by atoms with van der Waals surface area (Å²) in [4.78, 5) is 11.7. The van der Waals surface area contributed by atoms with Crippen LogP contribution in [0.25, 0.3) is 0 Å². The van der Waals surface area contributed by atoms with E-state index in [4.69, 9.17) is 4.74 Å². The van der Waals surface area contributed by atoms with Crippen molar-refractivity contribution in [3.8, 4) is 0 Å². The Morgan fingerprint density at radius 3 is 2.80 bits per heavy atom. The lowest BCUT2D eigenvalue weighted by Crippen LogP contribution is -2.33. The second kappa shape index (κ2) is 3.34. The van der Waals surface area contributed by atoms with E-state index in [0.717, 1.165) is 30.4 Å². The fraction of sp³-hybridized carbons (Fsp3) is 0.750. The molecule has 0 aromatic carbocycles. The highest BCUT2D eigenvalue weighted by atomic mass is 16.5. The minimum absolute atomic E-state index is 0.189. The Morgan fingerprint density at radius 1 is 1.53 bits per heavy atom. The molecule has 1 fully saturated rings. The summed E-state index contributed by atoms with van der Waals surface area (Å²) in [5, 5.41) is 10.2. The second-order valence-electron chi connectivity index (χ2n) is 5.06. The SMILES string of the molecule is COC(=O)C1=C2CCC[C@@H]2[C@@H](O)C1(C)C. The third-order valence-electron chi connectivity index (χ3n) is 3.88. The van der Waals surface area contributed by atoms with Gasteiger partial charge in [0.25, 0.3) is 0 Å². The van der Waals surface area contributed by atoms with Gasteiger partial charge in [-0.25, -0.2) is 4.79 Å². The number of ether oxygens (including phenoxy) is 1. The van der Waals surface area contributed by atoms with Gasteiger partial charge in [0.05, 0.1) is 13.2 Å². The van der Waals surface area contributed by atoms with Gasteiger partial charge in [0.15, 0.2) is 0 Å². The van der Waals surface area contributed by atoms with Crippen LogP contribution in [0.15, 0.2) is 11.1 Å². The summed E-state index contributed by atoms with van der Waals surface area (Å²) in [6.07, 6.45) is 2.59. The summed E-state index contributed by atoms with van der Waals surface area (Å²) in [6, 6.07) is 0. The Balaban J connectivity index is 2.46. The van der Waals surface area contributed by atoms with Crippen molar-refractivity contribution in [1.82, 2.24) is 0 Å². The lowest BCUT2D eigenvalue weighted by atomic mass is 9.81. The van der Waals surface area contributed by atoms with Gasteiger partial charge in [0, 0.05) is 16.9 Å². The van der Waals surface area contributed by atoms with Crippen molar-refractivity contribution in [3.63, 3.8) is 0 Å². The Hall–Kier alpha value is -0.830. The number of aliphatic hydroxyl groups excluding tert-OH is 1. The van der Waals surface area contributed by atoms with Crippen LogP contribution in [0.4, 0.5) is 0 Å². The molecule has 0 bridgehead atoms. The predicted molar refractivity (Wildman–Crippen MR) is 56.2 cm³/mol. The van der Waals surface area contributed by atoms with E-state index in [1.807, 2.05) is 13.8 Å². The number of carbonyl (C=O) groups is 1. The van der Waals surface area contributed by atoms with Crippen molar-refractivity contribution in [2.45, 2.75) is 39.2 Å². The molecule has 2 rings (SSSR count). The van der Waals surface area contributed by atoms with Crippen LogP contribution in [0.3, 0.4) is 0 Å². The van der Waals surface area contributed by atoms with E-state index in [1.165, 1.54) is 7.11 Å². The molecule has 15 heavy (non-hydrogen) atoms. The Labute approximate surface area is 90.1 Å². The molecule has 3 heteroatoms. The van der Waals surface area contributed by atoms with Crippen molar-refractivity contribution in [1.29, 1.82) is 0 Å². The Bertz CT molecular complexity index is 328. The molecule has 0 aromatic heterocycles. The molecule has 2 aliphatic rings. The monoisotopic (exact) mass is 210 g/mol. The highest BCUT2D eigenvalue weighted by Gasteiger charge is 2.51. The summed E-state index contributed by atoms with van der Waals surface area (Å²) in [6.45, 7) is 3.85. The lowest BCUT2D eigenvalue weighted by molar-refractivity contribution is -0.137. The van der Waals surface area contributed by atoms with Gasteiger partial charge in [-0.2, -0.15) is 0 Å². The number of carbonyl (C=O) groups excluding carboxylic acids is 1. The third-order valence-corrected chi connectivity index (χ3v) is 3.88. The average molecular weight is 210 g/mol. The van der Waals surface area contributed by atoms with Gasteiger partial charge in [0.1, 0.15) is 0 Å². The zero-order chi connectivity index (χ0) is 11.2. The number of fused-ring (bicyclic) bond motifs is 1. The van der Waals surface area contributed by atoms with Crippen LogP contribution in [0.1, 0.15) is 33.1 Å². The number of rotatable bonds is 1. The van der Waals surface area contributed by atoms with E-state index < -0.39 is 11.5 Å². The average Bonchev–Trinajstić information content (AvgIpc) is 2.70. The molecule has 0 unspecified atom stereocenters. The minimum Gasteiger partial charge on any atom is -0.466 e. The van der Waals surface area contributed by atoms with Crippen molar-refractivity contribution in [2.24, 2.45) is 11.3 Å². The standard InChI is InChI=1S/C12H18O3/c1-12(2)9(11(14)15-3)7-5-4-6-8(7)10(12)13/h8,10,13H,4-6H2,1-3H3/t8-,10+/m0/s1. The smallest absolute Gasteiger partial charge is 0.334 e. The van der Waals surface area contributed by atoms with Crippen molar-refractivity contribution >= 4 is 5.97 Å². The zero-order valence-electron chi connectivity index (χ0n) is 9.54. The first-order valence-electron chi connectivity index (χ1n) is 5.50. The predicted octanol–water partition coefficient (Wildman–Crippen LogP) is 1.66. The fourth-order valence-corrected chi connectivity index (χ4v) is 3.09. The van der Waals surface area contributed by atoms with Crippen molar-refractivity contribution in [2.75, 3.05) is 7.11 Å². The quantitative estimate of drug-likeness (QED) is 0.669. The van der Waals surface area contributed by atoms with Gasteiger partial charge in [-0.1, -0.05) is 19.4 Å². The molecule has 1 saturated carbocycles. The first kappa shape index (κ1) is 10.7. The number of methoxy groups -OCH3 is 1. The number of hydrogen-bond donors (Lipinski definition) is 1. The normalized spacial score (nSPS) is 33.1. The Morgan fingerprint density at radius 2 is 2.20 bits per heavy atom. The topological polar surface area (TPSA) is 46.5 Å². The van der Waals surface area contributed by atoms with Gasteiger partial charge in [-0.3, -0.25) is 0 Å². The maximum Gasteiger partial charge on any atom is 0.334 e. The lowest BCUT2D eigenvalue weighted by Gasteiger charge is -2.28. The maximum atomic E-state index is 11.7. The molecule has 84 valence electrons. The third kappa shape index (κ3) is 1.33. The molecule has 0 heterocycles. The highest BCUT2D eigenvalue weighted by molar-refractivity contribution is 5.92. The molecule has 0 radical (unpaired) electrons. The highest BCUT2D eigenvalue weighted by Crippen LogP contribution is 2.52. The van der Waals surface area contributed by atoms with Crippen LogP contribution in [0.5, 0.6) is 0 Å². The molecular formula is C12H18O3. The van der Waals surface area contributed by atoms with E-state index in [9.17, 15) is 9.90 Å². The Kier molecular flexibility index (Phi) is 2.38. The molecule has 0 aliphatic heterocycles. The summed E-state index contributed by atoms with van der Waals surface area (Å²) >= 11 is 0. The summed E-state index contributed by atoms with van der Waals surface area (Å²) in [7, 11) is 1.40. The minimum atomic E-state index is -0.451. The van der Waals surface area contributed by atoms with Crippen LogP contribution in [0.2, 0.25) is 0 Å². The first-order valence-corrected chi connectivity index (χ1v) is 5.50. The molecule has 0 saturated heterocycles. The molecule has 2 aliphatic carbocycles. The maximum absolute atomic E-state index is 11.7. The number of hydrogen-bond acceptors (Lipinski definition) is 3. The van der Waals surface area contributed by atoms with E-state index in [2.05, 4.69) is 0 Å². The van der Waals surface area contributed by atoms with Gasteiger partial charge >= 0.3 is 5.97 Å². The molecule has 0 amide bonds. The molecule has 2 atom stereocenters. The van der Waals surface area contributed by atoms with Crippen LogP contribution in [-0.4, -0.2) is 24.3 Å². The van der Waals surface area contributed by atoms with E-state index >= 15 is 0 Å². The molecule has 0 aromatic rings. The van der Waals surface area contributed by atoms with Crippen LogP contribution in [-0.2, 0) is 9.53 Å². The number of aliphatic hydroxyl groups is 1. The molecule has 3 nitrogen and oxygen atoms in total. The van der Waals surface area contributed by atoms with Gasteiger partial charge < -0.3 is 9.84 Å². The molecule has 0 spiro atoms. The summed E-state index contributed by atoms with van der Waals surface area (Å²) < 4.78 is 4.82. The first-order chi connectivity index (χ1) is 7.00. The summed E-state index contributed by atoms with van der Waals surface area (Å²) in [5.74, 6) is -0.0763. The number of esters is 1. The van der Waals surface area contributed by atoms with Crippen LogP contribution < -0.4 is 0 Å². The second-order valence-corrected chi connectivity index (χ2v) is 5.06. The van der Waals surface area contributed by atoms with Crippen LogP contribution >= 0.6 is 0 Å². The zero-order valence-corrected chi connectivity index (χ0v) is 9.54. The van der Waals surface area contributed by atoms with Gasteiger partial charge in [0.2, 0.25) is 0 Å². The van der Waals surface area contributed by atoms with Gasteiger partial charge in [-0.05, 0) is 19.3 Å². The van der Waals surface area contributed by atoms with Gasteiger partial charge in [-0.15, -0.1) is 0 Å². The van der Waals surface area contributed by atoms with Crippen molar-refractivity contribution < 1.29 is 14.6 Å². The van der Waals surface area contributed by atoms with E-state index in [1.54, 1.807) is 0 Å². The fourth-order valence-electron chi connectivity index (χ4n) is 3.09. The summed E-state index contributed by atoms with van der Waals surface area (Å²) in [5.41, 5.74) is 1.41. The molecule has 1 N–H and O–H groups in total. The van der Waals surface area contributed by atoms with Crippen molar-refractivity contribution in [3.05, 3.63) is 11.1 Å². The van der Waals surface area contributed by atoms with E-state index in [-0.39, 0.29) is 11.9 Å². The molecular weight excluding hydrogens is 192 g/mol.